The van der Waals surface area contributed by atoms with E-state index in [1.807, 2.05) is 0 Å². The number of urea groups is 1. The molecule has 0 aliphatic carbocycles. The van der Waals surface area contributed by atoms with Gasteiger partial charge in [-0.3, -0.25) is 18.2 Å². The smallest absolute Gasteiger partial charge is 0.323 e. The van der Waals surface area contributed by atoms with Crippen LogP contribution >= 0.6 is 0 Å². The summed E-state index contributed by atoms with van der Waals surface area (Å²) in [6, 6.07) is 18.7. The van der Waals surface area contributed by atoms with Gasteiger partial charge in [-0.1, -0.05) is 24.3 Å². The highest BCUT2D eigenvalue weighted by Gasteiger charge is 2.23. The summed E-state index contributed by atoms with van der Waals surface area (Å²) >= 11 is 0. The molecule has 0 radical (unpaired) electrons. The van der Waals surface area contributed by atoms with Crippen molar-refractivity contribution in [1.82, 2.24) is 0 Å². The number of nitrogens with zero attached hydrogens (tertiary/aromatic N) is 4. The molecule has 0 heterocycles. The molecule has 0 bridgehead atoms. The fraction of sp³-hybridized carbons (Fsp3) is 0.0571. The van der Waals surface area contributed by atoms with Crippen molar-refractivity contribution in [1.29, 1.82) is 0 Å². The maximum Gasteiger partial charge on any atom is 0.323 e. The Morgan fingerprint density at radius 1 is 0.467 bits per heavy atom. The average Bonchev–Trinajstić information content (AvgIpc) is 3.17. The molecule has 0 aliphatic rings. The Morgan fingerprint density at radius 2 is 0.833 bits per heavy atom. The number of hydrogen-bond donors (Lipinski definition) is 6. The summed E-state index contributed by atoms with van der Waals surface area (Å²) in [6.45, 7) is 0. The normalized spacial score (nSPS) is 12.6. The van der Waals surface area contributed by atoms with Crippen molar-refractivity contribution >= 4 is 102 Å². The molecule has 0 saturated heterocycles. The van der Waals surface area contributed by atoms with Crippen LogP contribution in [0.2, 0.25) is 0 Å². The van der Waals surface area contributed by atoms with Crippen LogP contribution in [0.4, 0.5) is 38.9 Å². The molecule has 6 rings (SSSR count). The van der Waals surface area contributed by atoms with Crippen molar-refractivity contribution < 1.29 is 66.2 Å². The van der Waals surface area contributed by atoms with Gasteiger partial charge in [0.2, 0.25) is 0 Å². The summed E-state index contributed by atoms with van der Waals surface area (Å²) in [5.74, 6) is 0.151. The Labute approximate surface area is 340 Å². The SMILES string of the molecule is COc1cc(NC(=O)Nc2ccc(N=Nc3cc(S(=O)(=O)O)c4cccc(S(=O)(=O)O)c4c3)c(OC)c2)ccc1N=Nc1cc(S(=O)(=O)O)c2cccc(S(=O)(=O)O)c2c1. The zero-order valence-electron chi connectivity index (χ0n) is 30.4. The third-order valence-electron chi connectivity index (χ3n) is 8.34. The number of carbonyl (C=O) groups excluding carboxylic acids is 1. The van der Waals surface area contributed by atoms with Crippen LogP contribution in [0.1, 0.15) is 0 Å². The number of rotatable bonds is 12. The predicted octanol–water partition coefficient (Wildman–Crippen LogP) is 7.47. The van der Waals surface area contributed by atoms with Gasteiger partial charge in [0.1, 0.15) is 42.5 Å². The van der Waals surface area contributed by atoms with Crippen molar-refractivity contribution in [3.63, 3.8) is 0 Å². The minimum Gasteiger partial charge on any atom is -0.494 e. The van der Waals surface area contributed by atoms with E-state index in [1.54, 1.807) is 0 Å². The van der Waals surface area contributed by atoms with Crippen LogP contribution in [-0.4, -0.2) is 72.1 Å². The highest BCUT2D eigenvalue weighted by Crippen LogP contribution is 2.38. The van der Waals surface area contributed by atoms with Gasteiger partial charge in [-0.25, -0.2) is 4.79 Å². The van der Waals surface area contributed by atoms with Crippen LogP contribution in [-0.2, 0) is 40.5 Å². The summed E-state index contributed by atoms with van der Waals surface area (Å²) < 4.78 is 146. The van der Waals surface area contributed by atoms with Crippen LogP contribution in [0.15, 0.2) is 137 Å². The highest BCUT2D eigenvalue weighted by atomic mass is 32.2. The van der Waals surface area contributed by atoms with E-state index in [4.69, 9.17) is 9.47 Å². The van der Waals surface area contributed by atoms with Gasteiger partial charge >= 0.3 is 6.03 Å². The molecule has 312 valence electrons. The van der Waals surface area contributed by atoms with Crippen molar-refractivity contribution in [2.45, 2.75) is 19.6 Å². The molecule has 0 saturated carbocycles. The zero-order chi connectivity index (χ0) is 43.8. The number of methoxy groups -OCH3 is 2. The van der Waals surface area contributed by atoms with Gasteiger partial charge in [0.05, 0.1) is 25.6 Å². The molecular weight excluding hydrogens is 873 g/mol. The van der Waals surface area contributed by atoms with E-state index in [-0.39, 0.29) is 67.2 Å². The number of ether oxygens (including phenoxy) is 2. The van der Waals surface area contributed by atoms with Gasteiger partial charge < -0.3 is 20.1 Å². The fourth-order valence-electron chi connectivity index (χ4n) is 5.80. The number of amides is 2. The van der Waals surface area contributed by atoms with Crippen molar-refractivity contribution in [3.05, 3.63) is 97.1 Å². The first-order valence-electron chi connectivity index (χ1n) is 16.4. The Hall–Kier alpha value is -6.45. The molecule has 0 aliphatic heterocycles. The van der Waals surface area contributed by atoms with Crippen molar-refractivity contribution in [2.75, 3.05) is 24.9 Å². The third-order valence-corrected chi connectivity index (χ3v) is 11.9. The zero-order valence-corrected chi connectivity index (χ0v) is 33.7. The summed E-state index contributed by atoms with van der Waals surface area (Å²) in [6.07, 6.45) is 0. The molecule has 0 spiro atoms. The van der Waals surface area contributed by atoms with Crippen LogP contribution in [0.25, 0.3) is 21.5 Å². The molecular formula is C35H28N6O15S4. The second-order valence-corrected chi connectivity index (χ2v) is 17.8. The van der Waals surface area contributed by atoms with Crippen LogP contribution in [0.3, 0.4) is 0 Å². The van der Waals surface area contributed by atoms with Crippen LogP contribution in [0.5, 0.6) is 11.5 Å². The molecule has 2 amide bonds. The van der Waals surface area contributed by atoms with Crippen molar-refractivity contribution in [2.24, 2.45) is 20.5 Å². The Bertz CT molecular complexity index is 3050. The lowest BCUT2D eigenvalue weighted by Crippen LogP contribution is -2.19. The summed E-state index contributed by atoms with van der Waals surface area (Å²) in [7, 11) is -16.9. The van der Waals surface area contributed by atoms with E-state index in [9.17, 15) is 56.7 Å². The van der Waals surface area contributed by atoms with Gasteiger partial charge in [0, 0.05) is 45.1 Å². The van der Waals surface area contributed by atoms with Crippen LogP contribution < -0.4 is 20.1 Å². The number of benzene rings is 6. The van der Waals surface area contributed by atoms with Crippen molar-refractivity contribution in [3.8, 4) is 11.5 Å². The molecule has 0 aromatic heterocycles. The second kappa shape index (κ2) is 16.3. The number of fused-ring (bicyclic) bond motifs is 2. The van der Waals surface area contributed by atoms with Crippen LogP contribution in [0, 0.1) is 0 Å². The van der Waals surface area contributed by atoms with Gasteiger partial charge in [-0.05, 0) is 60.7 Å². The number of carbonyl (C=O) groups is 1. The molecule has 6 N–H and O–H groups in total. The lowest BCUT2D eigenvalue weighted by atomic mass is 10.1. The van der Waals surface area contributed by atoms with E-state index >= 15 is 0 Å². The van der Waals surface area contributed by atoms with Gasteiger partial charge in [0.25, 0.3) is 40.5 Å². The lowest BCUT2D eigenvalue weighted by molar-refractivity contribution is 0.262. The van der Waals surface area contributed by atoms with E-state index in [0.717, 1.165) is 36.4 Å². The molecule has 6 aromatic rings. The molecule has 21 nitrogen and oxygen atoms in total. The van der Waals surface area contributed by atoms with Gasteiger partial charge in [-0.15, -0.1) is 10.2 Å². The quantitative estimate of drug-likeness (QED) is 0.0512. The Morgan fingerprint density at radius 3 is 1.17 bits per heavy atom. The van der Waals surface area contributed by atoms with E-state index in [2.05, 4.69) is 31.1 Å². The largest absolute Gasteiger partial charge is 0.494 e. The molecule has 6 aromatic carbocycles. The third kappa shape index (κ3) is 9.53. The minimum atomic E-state index is -4.90. The summed E-state index contributed by atoms with van der Waals surface area (Å²) in [5.41, 5.74) is 0.126. The fourth-order valence-corrected chi connectivity index (χ4v) is 8.65. The average molecular weight is 901 g/mol. The summed E-state index contributed by atoms with van der Waals surface area (Å²) in [5, 5.41) is 20.3. The molecule has 25 heteroatoms. The van der Waals surface area contributed by atoms with E-state index in [0.29, 0.717) is 0 Å². The monoisotopic (exact) mass is 900 g/mol. The number of hydrogen-bond acceptors (Lipinski definition) is 15. The Kier molecular flexibility index (Phi) is 11.7. The molecule has 0 fully saturated rings. The first-order valence-corrected chi connectivity index (χ1v) is 22.1. The van der Waals surface area contributed by atoms with E-state index in [1.165, 1.54) is 74.9 Å². The minimum absolute atomic E-state index is 0.0753. The first-order chi connectivity index (χ1) is 28.1. The van der Waals surface area contributed by atoms with E-state index < -0.39 is 66.1 Å². The second-order valence-electron chi connectivity index (χ2n) is 12.2. The number of anilines is 2. The molecule has 60 heavy (non-hydrogen) atoms. The molecule has 0 atom stereocenters. The standard InChI is InChI=1S/C35H28N6O15S4/c1-55-29-15-19(9-11-27(29)40-38-21-13-25-23(33(17-21)59(49,50)51)5-3-7-31(25)57(43,44)45)36-35(42)37-20-10-12-28(30(16-20)56-2)41-39-22-14-26-24(34(18-22)60(52,53)54)6-4-8-32(26)58(46,47)48/h3-18H,1-2H3,(H2,36,37,42)(H,43,44,45)(H,46,47,48)(H,49,50,51)(H,52,53,54). The summed E-state index contributed by atoms with van der Waals surface area (Å²) in [4.78, 5) is 10.3. The number of azo groups is 2. The Balaban J connectivity index is 1.21. The topological polar surface area (TPSA) is 327 Å². The maximum atomic E-state index is 13.0. The number of nitrogens with one attached hydrogen (secondary N) is 2. The molecule has 0 unspecified atom stereocenters. The highest BCUT2D eigenvalue weighted by molar-refractivity contribution is 7.87. The first kappa shape index (κ1) is 43.1. The lowest BCUT2D eigenvalue weighted by Gasteiger charge is -2.12. The van der Waals surface area contributed by atoms with Gasteiger partial charge in [0.15, 0.2) is 0 Å². The maximum absolute atomic E-state index is 13.0. The predicted molar refractivity (Wildman–Crippen MR) is 214 cm³/mol. The van der Waals surface area contributed by atoms with Gasteiger partial charge in [-0.2, -0.15) is 43.9 Å².